The minimum Gasteiger partial charge on any atom is -0.393 e. The van der Waals surface area contributed by atoms with Crippen LogP contribution in [0, 0.1) is 5.92 Å². The molecular formula is C9H18O. The average Bonchev–Trinajstić information content (AvgIpc) is 1.82. The van der Waals surface area contributed by atoms with Crippen molar-refractivity contribution in [1.29, 1.82) is 0 Å². The summed E-state index contributed by atoms with van der Waals surface area (Å²) in [5.74, 6) is 0.597. The van der Waals surface area contributed by atoms with Crippen molar-refractivity contribution in [2.75, 3.05) is 0 Å². The molecule has 0 fully saturated rings. The Morgan fingerprint density at radius 3 is 2.40 bits per heavy atom. The fourth-order valence-corrected chi connectivity index (χ4v) is 0.934. The van der Waals surface area contributed by atoms with E-state index < -0.39 is 0 Å². The van der Waals surface area contributed by atoms with Crippen molar-refractivity contribution in [3.63, 3.8) is 0 Å². The van der Waals surface area contributed by atoms with Crippen LogP contribution in [0.4, 0.5) is 0 Å². The van der Waals surface area contributed by atoms with Gasteiger partial charge in [0.05, 0.1) is 6.10 Å². The molecule has 0 aromatic heterocycles. The van der Waals surface area contributed by atoms with Crippen LogP contribution in [0.2, 0.25) is 0 Å². The Hall–Kier alpha value is -0.300. The van der Waals surface area contributed by atoms with Gasteiger partial charge in [-0.15, -0.1) is 0 Å². The lowest BCUT2D eigenvalue weighted by Crippen LogP contribution is -2.08. The Balaban J connectivity index is 3.33. The molecule has 0 aromatic carbocycles. The van der Waals surface area contributed by atoms with Crippen molar-refractivity contribution in [1.82, 2.24) is 0 Å². The van der Waals surface area contributed by atoms with Crippen LogP contribution in [-0.4, -0.2) is 11.2 Å². The van der Waals surface area contributed by atoms with Gasteiger partial charge in [-0.05, 0) is 25.7 Å². The van der Waals surface area contributed by atoms with E-state index in [1.807, 2.05) is 19.1 Å². The third-order valence-corrected chi connectivity index (χ3v) is 1.39. The molecule has 0 bridgehead atoms. The van der Waals surface area contributed by atoms with Gasteiger partial charge in [0.15, 0.2) is 0 Å². The van der Waals surface area contributed by atoms with Gasteiger partial charge in [0.1, 0.15) is 0 Å². The maximum atomic E-state index is 9.30. The number of hydrogen-bond donors (Lipinski definition) is 1. The van der Waals surface area contributed by atoms with Crippen LogP contribution in [0.1, 0.15) is 33.6 Å². The smallest absolute Gasteiger partial charge is 0.0577 e. The molecule has 1 atom stereocenters. The predicted octanol–water partition coefficient (Wildman–Crippen LogP) is 2.36. The summed E-state index contributed by atoms with van der Waals surface area (Å²) in [5, 5.41) is 9.30. The third-order valence-electron chi connectivity index (χ3n) is 1.39. The van der Waals surface area contributed by atoms with Crippen molar-refractivity contribution in [3.05, 3.63) is 12.2 Å². The topological polar surface area (TPSA) is 20.2 Å². The van der Waals surface area contributed by atoms with E-state index >= 15 is 0 Å². The van der Waals surface area contributed by atoms with Crippen molar-refractivity contribution in [2.24, 2.45) is 5.92 Å². The lowest BCUT2D eigenvalue weighted by atomic mass is 10.0. The molecule has 0 saturated carbocycles. The summed E-state index contributed by atoms with van der Waals surface area (Å²) in [4.78, 5) is 0. The zero-order valence-corrected chi connectivity index (χ0v) is 7.17. The summed E-state index contributed by atoms with van der Waals surface area (Å²) < 4.78 is 0. The van der Waals surface area contributed by atoms with Gasteiger partial charge in [-0.3, -0.25) is 0 Å². The highest BCUT2D eigenvalue weighted by molar-refractivity contribution is 4.80. The Labute approximate surface area is 63.8 Å². The highest BCUT2D eigenvalue weighted by Crippen LogP contribution is 2.07. The molecule has 10 heavy (non-hydrogen) atoms. The van der Waals surface area contributed by atoms with Gasteiger partial charge in [0, 0.05) is 0 Å². The first kappa shape index (κ1) is 9.70. The molecule has 0 heterocycles. The van der Waals surface area contributed by atoms with E-state index in [1.165, 1.54) is 0 Å². The molecule has 0 amide bonds. The molecule has 60 valence electrons. The van der Waals surface area contributed by atoms with Crippen molar-refractivity contribution in [2.45, 2.75) is 39.7 Å². The summed E-state index contributed by atoms with van der Waals surface area (Å²) in [6.45, 7) is 6.22. The van der Waals surface area contributed by atoms with Gasteiger partial charge >= 0.3 is 0 Å². The SMILES string of the molecule is CC=CCC(O)CC(C)C. The summed E-state index contributed by atoms with van der Waals surface area (Å²) in [6, 6.07) is 0. The minimum atomic E-state index is -0.142. The molecule has 1 heteroatoms. The minimum absolute atomic E-state index is 0.142. The van der Waals surface area contributed by atoms with Crippen LogP contribution < -0.4 is 0 Å². The van der Waals surface area contributed by atoms with E-state index in [0.717, 1.165) is 12.8 Å². The van der Waals surface area contributed by atoms with Crippen LogP contribution >= 0.6 is 0 Å². The second-order valence-electron chi connectivity index (χ2n) is 3.09. The quantitative estimate of drug-likeness (QED) is 0.597. The first-order chi connectivity index (χ1) is 4.66. The van der Waals surface area contributed by atoms with Crippen LogP contribution in [-0.2, 0) is 0 Å². The monoisotopic (exact) mass is 142 g/mol. The average molecular weight is 142 g/mol. The van der Waals surface area contributed by atoms with Crippen molar-refractivity contribution >= 4 is 0 Å². The number of aliphatic hydroxyl groups excluding tert-OH is 1. The molecule has 0 spiro atoms. The van der Waals surface area contributed by atoms with Gasteiger partial charge in [-0.25, -0.2) is 0 Å². The lowest BCUT2D eigenvalue weighted by Gasteiger charge is -2.09. The van der Waals surface area contributed by atoms with Gasteiger partial charge in [-0.2, -0.15) is 0 Å². The summed E-state index contributed by atoms with van der Waals surface area (Å²) in [7, 11) is 0. The number of rotatable bonds is 4. The van der Waals surface area contributed by atoms with E-state index in [0.29, 0.717) is 5.92 Å². The first-order valence-electron chi connectivity index (χ1n) is 3.96. The number of hydrogen-bond acceptors (Lipinski definition) is 1. The van der Waals surface area contributed by atoms with Crippen LogP contribution in [0.25, 0.3) is 0 Å². The predicted molar refractivity (Wildman–Crippen MR) is 44.9 cm³/mol. The normalized spacial score (nSPS) is 14.9. The Morgan fingerprint density at radius 2 is 2.00 bits per heavy atom. The molecule has 0 rings (SSSR count). The van der Waals surface area contributed by atoms with Crippen molar-refractivity contribution < 1.29 is 5.11 Å². The zero-order chi connectivity index (χ0) is 7.98. The fourth-order valence-electron chi connectivity index (χ4n) is 0.934. The van der Waals surface area contributed by atoms with Crippen LogP contribution in [0.5, 0.6) is 0 Å². The number of aliphatic hydroxyl groups is 1. The zero-order valence-electron chi connectivity index (χ0n) is 7.17. The lowest BCUT2D eigenvalue weighted by molar-refractivity contribution is 0.152. The Bertz CT molecular complexity index is 94.9. The molecule has 1 N–H and O–H groups in total. The second kappa shape index (κ2) is 5.48. The maximum Gasteiger partial charge on any atom is 0.0577 e. The molecule has 0 aliphatic rings. The summed E-state index contributed by atoms with van der Waals surface area (Å²) in [5.41, 5.74) is 0. The maximum absolute atomic E-state index is 9.30. The standard InChI is InChI=1S/C9H18O/c1-4-5-6-9(10)7-8(2)3/h4-5,8-10H,6-7H2,1-3H3. The fraction of sp³-hybridized carbons (Fsp3) is 0.778. The van der Waals surface area contributed by atoms with E-state index in [2.05, 4.69) is 13.8 Å². The molecule has 1 nitrogen and oxygen atoms in total. The molecule has 0 aliphatic carbocycles. The first-order valence-corrected chi connectivity index (χ1v) is 3.96. The Morgan fingerprint density at radius 1 is 1.40 bits per heavy atom. The molecular weight excluding hydrogens is 124 g/mol. The van der Waals surface area contributed by atoms with Gasteiger partial charge < -0.3 is 5.11 Å². The summed E-state index contributed by atoms with van der Waals surface area (Å²) in [6.07, 6.45) is 5.55. The van der Waals surface area contributed by atoms with Gasteiger partial charge in [0.25, 0.3) is 0 Å². The van der Waals surface area contributed by atoms with E-state index in [-0.39, 0.29) is 6.10 Å². The highest BCUT2D eigenvalue weighted by Gasteiger charge is 2.03. The Kier molecular flexibility index (Phi) is 5.32. The highest BCUT2D eigenvalue weighted by atomic mass is 16.3. The molecule has 0 aliphatic heterocycles. The van der Waals surface area contributed by atoms with Gasteiger partial charge in [0.2, 0.25) is 0 Å². The van der Waals surface area contributed by atoms with Crippen LogP contribution in [0.3, 0.4) is 0 Å². The second-order valence-corrected chi connectivity index (χ2v) is 3.09. The third kappa shape index (κ3) is 5.83. The van der Waals surface area contributed by atoms with Gasteiger partial charge in [-0.1, -0.05) is 26.0 Å². The molecule has 1 unspecified atom stereocenters. The largest absolute Gasteiger partial charge is 0.393 e. The van der Waals surface area contributed by atoms with E-state index in [9.17, 15) is 5.11 Å². The molecule has 0 saturated heterocycles. The van der Waals surface area contributed by atoms with E-state index in [4.69, 9.17) is 0 Å². The molecule has 0 aromatic rings. The molecule has 0 radical (unpaired) electrons. The van der Waals surface area contributed by atoms with E-state index in [1.54, 1.807) is 0 Å². The van der Waals surface area contributed by atoms with Crippen LogP contribution in [0.15, 0.2) is 12.2 Å². The summed E-state index contributed by atoms with van der Waals surface area (Å²) >= 11 is 0. The van der Waals surface area contributed by atoms with Crippen molar-refractivity contribution in [3.8, 4) is 0 Å². The number of allylic oxidation sites excluding steroid dienone is 1.